The van der Waals surface area contributed by atoms with E-state index in [-0.39, 0.29) is 24.6 Å². The van der Waals surface area contributed by atoms with E-state index in [9.17, 15) is 4.79 Å². The first-order chi connectivity index (χ1) is 11.7. The fourth-order valence-electron chi connectivity index (χ4n) is 3.27. The monoisotopic (exact) mass is 333 g/mol. The van der Waals surface area contributed by atoms with Crippen LogP contribution in [0.3, 0.4) is 0 Å². The second kappa shape index (κ2) is 9.77. The van der Waals surface area contributed by atoms with Crippen LogP contribution < -0.4 is 5.32 Å². The van der Waals surface area contributed by atoms with E-state index in [0.29, 0.717) is 0 Å². The molecular weight excluding hydrogens is 302 g/mol. The zero-order chi connectivity index (χ0) is 17.4. The molecule has 0 aromatic heterocycles. The van der Waals surface area contributed by atoms with Gasteiger partial charge in [-0.3, -0.25) is 14.6 Å². The predicted octanol–water partition coefficient (Wildman–Crippen LogP) is 1.64. The molecule has 1 aliphatic heterocycles. The first-order valence-corrected chi connectivity index (χ1v) is 9.08. The van der Waals surface area contributed by atoms with Crippen molar-refractivity contribution < 1.29 is 9.90 Å². The number of carbonyl (C=O) groups is 1. The molecule has 0 aliphatic carbocycles. The molecular formula is C19H31N3O2. The van der Waals surface area contributed by atoms with Crippen molar-refractivity contribution in [2.45, 2.75) is 38.8 Å². The molecule has 134 valence electrons. The highest BCUT2D eigenvalue weighted by Gasteiger charge is 2.26. The average Bonchev–Trinajstić information content (AvgIpc) is 2.62. The summed E-state index contributed by atoms with van der Waals surface area (Å²) in [5, 5.41) is 12.3. The lowest BCUT2D eigenvalue weighted by molar-refractivity contribution is -0.127. The van der Waals surface area contributed by atoms with E-state index in [1.807, 2.05) is 25.1 Å². The Morgan fingerprint density at radius 2 is 1.88 bits per heavy atom. The molecule has 1 fully saturated rings. The first kappa shape index (κ1) is 18.9. The van der Waals surface area contributed by atoms with Gasteiger partial charge >= 0.3 is 0 Å². The average molecular weight is 333 g/mol. The number of aliphatic hydroxyl groups is 1. The van der Waals surface area contributed by atoms with Gasteiger partial charge in [-0.05, 0) is 18.9 Å². The summed E-state index contributed by atoms with van der Waals surface area (Å²) in [6, 6.07) is 10.2. The number of β-amino-alcohol motifs (C(OH)–C–C–N with tert-alkyl or cyclic N) is 1. The van der Waals surface area contributed by atoms with Crippen LogP contribution in [0, 0.1) is 0 Å². The molecule has 5 nitrogen and oxygen atoms in total. The molecule has 0 spiro atoms. The van der Waals surface area contributed by atoms with Crippen LogP contribution in [0.2, 0.25) is 0 Å². The Kier molecular flexibility index (Phi) is 7.69. The molecule has 1 aromatic carbocycles. The molecule has 2 unspecified atom stereocenters. The van der Waals surface area contributed by atoms with E-state index >= 15 is 0 Å². The smallest absolute Gasteiger partial charge is 0.237 e. The van der Waals surface area contributed by atoms with Crippen LogP contribution in [-0.4, -0.2) is 66.2 Å². The van der Waals surface area contributed by atoms with Crippen molar-refractivity contribution in [2.24, 2.45) is 0 Å². The molecule has 1 heterocycles. The molecule has 2 N–H and O–H groups in total. The summed E-state index contributed by atoms with van der Waals surface area (Å²) in [5.74, 6) is 0.105. The molecule has 0 saturated carbocycles. The summed E-state index contributed by atoms with van der Waals surface area (Å²) >= 11 is 0. The number of hydrogen-bond donors (Lipinski definition) is 2. The highest BCUT2D eigenvalue weighted by molar-refractivity contribution is 5.81. The van der Waals surface area contributed by atoms with Crippen LogP contribution in [0.15, 0.2) is 30.3 Å². The molecule has 1 saturated heterocycles. The number of amides is 1. The van der Waals surface area contributed by atoms with E-state index in [2.05, 4.69) is 34.2 Å². The standard InChI is InChI=1S/C19H31N3O2/c1-3-7-18(17-8-5-4-6-9-17)20-19(24)16(2)22-12-10-21(11-13-22)14-15-23/h4-6,8-9,16,18,23H,3,7,10-15H2,1-2H3,(H,20,24). The van der Waals surface area contributed by atoms with Gasteiger partial charge < -0.3 is 10.4 Å². The summed E-state index contributed by atoms with van der Waals surface area (Å²) in [6.45, 7) is 8.63. The molecule has 2 atom stereocenters. The summed E-state index contributed by atoms with van der Waals surface area (Å²) in [4.78, 5) is 17.2. The van der Waals surface area contributed by atoms with Crippen molar-refractivity contribution in [1.82, 2.24) is 15.1 Å². The molecule has 0 radical (unpaired) electrons. The SMILES string of the molecule is CCCC(NC(=O)C(C)N1CCN(CCO)CC1)c1ccccc1. The van der Waals surface area contributed by atoms with Crippen LogP contribution in [0.5, 0.6) is 0 Å². The molecule has 1 aromatic rings. The normalized spacial score (nSPS) is 19.0. The van der Waals surface area contributed by atoms with E-state index in [1.54, 1.807) is 0 Å². The Morgan fingerprint density at radius 1 is 1.21 bits per heavy atom. The predicted molar refractivity (Wildman–Crippen MR) is 96.8 cm³/mol. The number of nitrogens with one attached hydrogen (secondary N) is 1. The summed E-state index contributed by atoms with van der Waals surface area (Å²) in [5.41, 5.74) is 1.17. The molecule has 2 rings (SSSR count). The van der Waals surface area contributed by atoms with Crippen LogP contribution >= 0.6 is 0 Å². The number of carbonyl (C=O) groups excluding carboxylic acids is 1. The van der Waals surface area contributed by atoms with Crippen molar-refractivity contribution in [3.63, 3.8) is 0 Å². The zero-order valence-corrected chi connectivity index (χ0v) is 14.9. The Bertz CT molecular complexity index is 487. The van der Waals surface area contributed by atoms with Crippen molar-refractivity contribution in [3.8, 4) is 0 Å². The third-order valence-corrected chi connectivity index (χ3v) is 4.85. The van der Waals surface area contributed by atoms with Gasteiger partial charge in [-0.1, -0.05) is 43.7 Å². The van der Waals surface area contributed by atoms with E-state index in [4.69, 9.17) is 5.11 Å². The van der Waals surface area contributed by atoms with Gasteiger partial charge in [-0.15, -0.1) is 0 Å². The third kappa shape index (κ3) is 5.30. The number of rotatable bonds is 8. The molecule has 0 bridgehead atoms. The Morgan fingerprint density at radius 3 is 2.46 bits per heavy atom. The number of piperazine rings is 1. The van der Waals surface area contributed by atoms with Gasteiger partial charge in [0.2, 0.25) is 5.91 Å². The minimum Gasteiger partial charge on any atom is -0.395 e. The number of hydrogen-bond acceptors (Lipinski definition) is 4. The summed E-state index contributed by atoms with van der Waals surface area (Å²) in [7, 11) is 0. The Labute approximate surface area is 145 Å². The number of benzene rings is 1. The fraction of sp³-hybridized carbons (Fsp3) is 0.632. The van der Waals surface area contributed by atoms with E-state index < -0.39 is 0 Å². The summed E-state index contributed by atoms with van der Waals surface area (Å²) < 4.78 is 0. The zero-order valence-electron chi connectivity index (χ0n) is 14.9. The lowest BCUT2D eigenvalue weighted by Gasteiger charge is -2.37. The van der Waals surface area contributed by atoms with Gasteiger partial charge in [0, 0.05) is 32.7 Å². The molecule has 5 heteroatoms. The molecule has 24 heavy (non-hydrogen) atoms. The molecule has 1 aliphatic rings. The van der Waals surface area contributed by atoms with Crippen molar-refractivity contribution >= 4 is 5.91 Å². The minimum absolute atomic E-state index is 0.0850. The largest absolute Gasteiger partial charge is 0.395 e. The van der Waals surface area contributed by atoms with Crippen LogP contribution in [0.4, 0.5) is 0 Å². The van der Waals surface area contributed by atoms with Gasteiger partial charge in [-0.25, -0.2) is 0 Å². The van der Waals surface area contributed by atoms with Crippen molar-refractivity contribution in [1.29, 1.82) is 0 Å². The number of nitrogens with zero attached hydrogens (tertiary/aromatic N) is 2. The topological polar surface area (TPSA) is 55.8 Å². The lowest BCUT2D eigenvalue weighted by atomic mass is 10.0. The van der Waals surface area contributed by atoms with E-state index in [1.165, 1.54) is 5.56 Å². The third-order valence-electron chi connectivity index (χ3n) is 4.85. The van der Waals surface area contributed by atoms with E-state index in [0.717, 1.165) is 45.6 Å². The van der Waals surface area contributed by atoms with Crippen LogP contribution in [0.1, 0.15) is 38.3 Å². The van der Waals surface area contributed by atoms with Gasteiger partial charge in [0.05, 0.1) is 18.7 Å². The van der Waals surface area contributed by atoms with Crippen LogP contribution in [-0.2, 0) is 4.79 Å². The van der Waals surface area contributed by atoms with Crippen LogP contribution in [0.25, 0.3) is 0 Å². The Hall–Kier alpha value is -1.43. The fourth-order valence-corrected chi connectivity index (χ4v) is 3.27. The maximum absolute atomic E-state index is 12.7. The van der Waals surface area contributed by atoms with Gasteiger partial charge in [0.15, 0.2) is 0 Å². The quantitative estimate of drug-likeness (QED) is 0.759. The Balaban J connectivity index is 1.90. The maximum Gasteiger partial charge on any atom is 0.237 e. The highest BCUT2D eigenvalue weighted by Crippen LogP contribution is 2.19. The first-order valence-electron chi connectivity index (χ1n) is 9.08. The second-order valence-electron chi connectivity index (χ2n) is 6.54. The minimum atomic E-state index is -0.121. The van der Waals surface area contributed by atoms with Crippen molar-refractivity contribution in [3.05, 3.63) is 35.9 Å². The van der Waals surface area contributed by atoms with Gasteiger partial charge in [-0.2, -0.15) is 0 Å². The van der Waals surface area contributed by atoms with Gasteiger partial charge in [0.1, 0.15) is 0 Å². The summed E-state index contributed by atoms with van der Waals surface area (Å²) in [6.07, 6.45) is 1.99. The lowest BCUT2D eigenvalue weighted by Crippen LogP contribution is -2.54. The maximum atomic E-state index is 12.7. The highest BCUT2D eigenvalue weighted by atomic mass is 16.3. The number of aliphatic hydroxyl groups excluding tert-OH is 1. The molecule has 1 amide bonds. The van der Waals surface area contributed by atoms with Gasteiger partial charge in [0.25, 0.3) is 0 Å². The second-order valence-corrected chi connectivity index (χ2v) is 6.54. The van der Waals surface area contributed by atoms with Crippen molar-refractivity contribution in [2.75, 3.05) is 39.3 Å².